The Morgan fingerprint density at radius 3 is 2.33 bits per heavy atom. The first-order chi connectivity index (χ1) is 16.7. The average molecular weight is 539 g/mol. The third kappa shape index (κ3) is 5.77. The Morgan fingerprint density at radius 1 is 1.17 bits per heavy atom. The number of anilines is 2. The van der Waals surface area contributed by atoms with Gasteiger partial charge < -0.3 is 10.1 Å². The van der Waals surface area contributed by atoms with E-state index in [4.69, 9.17) is 10.00 Å². The molecule has 190 valence electrons. The van der Waals surface area contributed by atoms with Crippen LogP contribution < -0.4 is 9.62 Å². The third-order valence-electron chi connectivity index (χ3n) is 4.66. The van der Waals surface area contributed by atoms with Gasteiger partial charge in [0.15, 0.2) is 10.7 Å². The van der Waals surface area contributed by atoms with Crippen molar-refractivity contribution in [2.45, 2.75) is 44.2 Å². The van der Waals surface area contributed by atoms with Crippen LogP contribution in [0, 0.1) is 28.8 Å². The van der Waals surface area contributed by atoms with E-state index in [2.05, 4.69) is 10.3 Å². The van der Waals surface area contributed by atoms with E-state index in [1.807, 2.05) is 6.07 Å². The number of nitrogens with one attached hydrogen (secondary N) is 1. The lowest BCUT2D eigenvalue weighted by molar-refractivity contribution is 0.0608. The molecule has 1 atom stereocenters. The third-order valence-corrected chi connectivity index (χ3v) is 6.95. The number of aromatic nitrogens is 1. The Balaban J connectivity index is 2.00. The second-order valence-electron chi connectivity index (χ2n) is 8.58. The van der Waals surface area contributed by atoms with Crippen LogP contribution in [0.4, 0.5) is 29.5 Å². The number of carbonyl (C=O) groups excluding carboxylic acids is 1. The Bertz CT molecular complexity index is 1410. The smallest absolute Gasteiger partial charge is 0.430 e. The number of nitrogens with zero attached hydrogens (tertiary/aromatic N) is 3. The minimum absolute atomic E-state index is 0.0613. The summed E-state index contributed by atoms with van der Waals surface area (Å²) in [6.07, 6.45) is -1.39. The Labute approximate surface area is 210 Å². The molecule has 1 amide bonds. The monoisotopic (exact) mass is 538 g/mol. The summed E-state index contributed by atoms with van der Waals surface area (Å²) in [7, 11) is -5.14. The quantitative estimate of drug-likeness (QED) is 0.426. The lowest BCUT2D eigenvalue weighted by Gasteiger charge is -2.26. The van der Waals surface area contributed by atoms with Gasteiger partial charge in [-0.2, -0.15) is 5.26 Å². The second-order valence-corrected chi connectivity index (χ2v) is 11.0. The number of ether oxygens (including phenoxy) is 1. The summed E-state index contributed by atoms with van der Waals surface area (Å²) in [6.45, 7) is 5.98. The van der Waals surface area contributed by atoms with Gasteiger partial charge in [0.05, 0.1) is 23.2 Å². The first-order valence-electron chi connectivity index (χ1n) is 10.4. The van der Waals surface area contributed by atoms with E-state index in [9.17, 15) is 17.6 Å². The van der Waals surface area contributed by atoms with E-state index in [-0.39, 0.29) is 21.1 Å². The van der Waals surface area contributed by atoms with Crippen LogP contribution in [0.15, 0.2) is 46.1 Å². The number of benzene rings is 2. The minimum Gasteiger partial charge on any atom is -0.443 e. The molecule has 0 aliphatic heterocycles. The molecule has 3 aromatic rings. The number of hydrogen-bond acceptors (Lipinski definition) is 8. The maximum atomic E-state index is 15.1. The van der Waals surface area contributed by atoms with E-state index >= 15 is 8.78 Å². The van der Waals surface area contributed by atoms with Crippen LogP contribution in [0.5, 0.6) is 0 Å². The molecule has 2 aromatic carbocycles. The highest BCUT2D eigenvalue weighted by molar-refractivity contribution is 7.93. The standard InChI is InChI=1S/C23H21F3N4O4S2/c1-13(16-7-14(10-27)5-6-17(16)24)29-15-8-18(25)21(19(26)9-15)36(32,33)30(20-11-35-12-28-20)22(31)34-23(2,3)4/h5-9,11-13,29H,1-4H3/t13-/m0/s1. The SMILES string of the molecule is C[C@H](Nc1cc(F)c(S(=O)(=O)N(C(=O)OC(C)(C)C)c2cscn2)c(F)c1)c1cc(C#N)ccc1F. The van der Waals surface area contributed by atoms with Crippen molar-refractivity contribution in [3.63, 3.8) is 0 Å². The zero-order valence-corrected chi connectivity index (χ0v) is 21.2. The lowest BCUT2D eigenvalue weighted by Crippen LogP contribution is -2.41. The minimum atomic E-state index is -5.14. The summed E-state index contributed by atoms with van der Waals surface area (Å²) in [5, 5.41) is 12.9. The Kier molecular flexibility index (Phi) is 7.61. The molecule has 1 aromatic heterocycles. The number of amides is 1. The first-order valence-corrected chi connectivity index (χ1v) is 12.7. The van der Waals surface area contributed by atoms with Crippen molar-refractivity contribution in [1.82, 2.24) is 4.98 Å². The zero-order valence-electron chi connectivity index (χ0n) is 19.5. The molecule has 0 aliphatic carbocycles. The molecule has 36 heavy (non-hydrogen) atoms. The van der Waals surface area contributed by atoms with Gasteiger partial charge in [-0.15, -0.1) is 15.6 Å². The molecular weight excluding hydrogens is 517 g/mol. The number of hydrogen-bond donors (Lipinski definition) is 1. The topological polar surface area (TPSA) is 112 Å². The van der Waals surface area contributed by atoms with E-state index in [0.717, 1.165) is 17.4 Å². The van der Waals surface area contributed by atoms with E-state index < -0.39 is 55.9 Å². The fraction of sp³-hybridized carbons (Fsp3) is 0.261. The van der Waals surface area contributed by atoms with Crippen LogP contribution in [0.2, 0.25) is 0 Å². The largest absolute Gasteiger partial charge is 0.443 e. The van der Waals surface area contributed by atoms with Crippen molar-refractivity contribution in [1.29, 1.82) is 5.26 Å². The highest BCUT2D eigenvalue weighted by atomic mass is 32.2. The fourth-order valence-corrected chi connectivity index (χ4v) is 5.14. The van der Waals surface area contributed by atoms with Crippen molar-refractivity contribution in [3.8, 4) is 6.07 Å². The molecule has 0 spiro atoms. The zero-order chi connectivity index (χ0) is 26.8. The number of thiazole rings is 1. The highest BCUT2D eigenvalue weighted by Gasteiger charge is 2.39. The van der Waals surface area contributed by atoms with Gasteiger partial charge in [0.2, 0.25) is 0 Å². The molecule has 8 nitrogen and oxygen atoms in total. The maximum Gasteiger partial charge on any atom is 0.430 e. The van der Waals surface area contributed by atoms with Gasteiger partial charge in [0, 0.05) is 16.6 Å². The second kappa shape index (κ2) is 10.2. The molecular formula is C23H21F3N4O4S2. The van der Waals surface area contributed by atoms with E-state index in [1.54, 1.807) is 0 Å². The molecule has 13 heteroatoms. The van der Waals surface area contributed by atoms with Crippen molar-refractivity contribution < 1.29 is 31.1 Å². The number of rotatable bonds is 6. The van der Waals surface area contributed by atoms with Crippen molar-refractivity contribution in [3.05, 3.63) is 69.8 Å². The molecule has 0 saturated carbocycles. The van der Waals surface area contributed by atoms with Crippen LogP contribution >= 0.6 is 11.3 Å². The molecule has 0 unspecified atom stereocenters. The summed E-state index contributed by atoms with van der Waals surface area (Å²) in [5.41, 5.74) is 0.175. The summed E-state index contributed by atoms with van der Waals surface area (Å²) in [5.74, 6) is -4.04. The van der Waals surface area contributed by atoms with Crippen LogP contribution in [0.25, 0.3) is 0 Å². The summed E-state index contributed by atoms with van der Waals surface area (Å²) >= 11 is 0.961. The van der Waals surface area contributed by atoms with Gasteiger partial charge in [0.1, 0.15) is 23.1 Å². The Morgan fingerprint density at radius 2 is 1.81 bits per heavy atom. The van der Waals surface area contributed by atoms with Gasteiger partial charge in [-0.3, -0.25) is 0 Å². The predicted molar refractivity (Wildman–Crippen MR) is 128 cm³/mol. The normalized spacial score (nSPS) is 12.5. The molecule has 0 saturated heterocycles. The molecule has 0 radical (unpaired) electrons. The number of nitriles is 1. The van der Waals surface area contributed by atoms with Gasteiger partial charge in [0.25, 0.3) is 10.0 Å². The summed E-state index contributed by atoms with van der Waals surface area (Å²) in [4.78, 5) is 15.1. The maximum absolute atomic E-state index is 15.1. The molecule has 0 fully saturated rings. The van der Waals surface area contributed by atoms with Crippen LogP contribution in [0.1, 0.15) is 44.9 Å². The molecule has 0 bridgehead atoms. The molecule has 0 aliphatic rings. The van der Waals surface area contributed by atoms with Crippen molar-refractivity contribution in [2.24, 2.45) is 0 Å². The average Bonchev–Trinajstić information content (AvgIpc) is 3.25. The van der Waals surface area contributed by atoms with Crippen LogP contribution in [-0.2, 0) is 14.8 Å². The van der Waals surface area contributed by atoms with Gasteiger partial charge in [-0.05, 0) is 58.0 Å². The number of carbonyl (C=O) groups is 1. The molecule has 1 N–H and O–H groups in total. The van der Waals surface area contributed by atoms with Crippen molar-refractivity contribution in [2.75, 3.05) is 9.62 Å². The number of sulfonamides is 1. The Hall–Kier alpha value is -3.63. The first kappa shape index (κ1) is 27.0. The fourth-order valence-electron chi connectivity index (χ4n) is 3.18. The van der Waals surface area contributed by atoms with Crippen LogP contribution in [-0.4, -0.2) is 25.1 Å². The lowest BCUT2D eigenvalue weighted by atomic mass is 10.0. The summed E-state index contributed by atoms with van der Waals surface area (Å²) in [6, 6.07) is 6.09. The van der Waals surface area contributed by atoms with E-state index in [1.165, 1.54) is 50.7 Å². The van der Waals surface area contributed by atoms with Crippen LogP contribution in [0.3, 0.4) is 0 Å². The molecule has 1 heterocycles. The van der Waals surface area contributed by atoms with E-state index in [0.29, 0.717) is 12.1 Å². The van der Waals surface area contributed by atoms with Gasteiger partial charge in [-0.1, -0.05) is 0 Å². The van der Waals surface area contributed by atoms with Gasteiger partial charge in [-0.25, -0.2) is 31.4 Å². The molecule has 3 rings (SSSR count). The van der Waals surface area contributed by atoms with Crippen molar-refractivity contribution >= 4 is 39.0 Å². The summed E-state index contributed by atoms with van der Waals surface area (Å²) < 4.78 is 76.2. The predicted octanol–water partition coefficient (Wildman–Crippen LogP) is 5.74. The van der Waals surface area contributed by atoms with Gasteiger partial charge >= 0.3 is 6.09 Å². The highest BCUT2D eigenvalue weighted by Crippen LogP contribution is 2.32. The number of halogens is 3.